The summed E-state index contributed by atoms with van der Waals surface area (Å²) in [6, 6.07) is 71.7. The molecule has 1 spiro atoms. The summed E-state index contributed by atoms with van der Waals surface area (Å²) in [5.74, 6) is 0. The summed E-state index contributed by atoms with van der Waals surface area (Å²) in [6.45, 7) is 0. The summed E-state index contributed by atoms with van der Waals surface area (Å²) in [4.78, 5) is 13.8. The average Bonchev–Trinajstić information content (AvgIpc) is 3.90. The lowest BCUT2D eigenvalue weighted by atomic mass is 9.70. The minimum absolute atomic E-state index is 0.332. The van der Waals surface area contributed by atoms with Crippen molar-refractivity contribution < 1.29 is 4.42 Å². The van der Waals surface area contributed by atoms with E-state index in [2.05, 4.69) is 193 Å². The van der Waals surface area contributed by atoms with Gasteiger partial charge in [-0.3, -0.25) is 0 Å². The van der Waals surface area contributed by atoms with Gasteiger partial charge < -0.3 is 8.98 Å². The van der Waals surface area contributed by atoms with Crippen LogP contribution in [0.4, 0.5) is 0 Å². The van der Waals surface area contributed by atoms with E-state index in [-0.39, 0.29) is 5.63 Å². The molecule has 0 N–H and O–H groups in total. The summed E-state index contributed by atoms with van der Waals surface area (Å²) in [5.41, 5.74) is 17.8. The van der Waals surface area contributed by atoms with Gasteiger partial charge >= 0.3 is 5.63 Å². The monoisotopic (exact) mass is 751 g/mol. The fourth-order valence-corrected chi connectivity index (χ4v) is 10.6. The van der Waals surface area contributed by atoms with Gasteiger partial charge in [-0.25, -0.2) is 4.79 Å². The molecular formula is C56H33NO2. The Morgan fingerprint density at radius 1 is 0.356 bits per heavy atom. The first-order chi connectivity index (χ1) is 29.2. The van der Waals surface area contributed by atoms with Crippen LogP contribution in [-0.2, 0) is 5.41 Å². The van der Waals surface area contributed by atoms with Gasteiger partial charge in [-0.2, -0.15) is 0 Å². The van der Waals surface area contributed by atoms with Crippen molar-refractivity contribution in [2.24, 2.45) is 0 Å². The molecule has 0 aliphatic heterocycles. The van der Waals surface area contributed by atoms with Gasteiger partial charge in [0.25, 0.3) is 0 Å². The molecule has 0 amide bonds. The lowest BCUT2D eigenvalue weighted by Crippen LogP contribution is -2.25. The van der Waals surface area contributed by atoms with Crippen LogP contribution in [0.25, 0.3) is 93.7 Å². The average molecular weight is 752 g/mol. The Balaban J connectivity index is 0.958. The topological polar surface area (TPSA) is 35.1 Å². The van der Waals surface area contributed by atoms with Gasteiger partial charge in [0.15, 0.2) is 0 Å². The van der Waals surface area contributed by atoms with Gasteiger partial charge in [0, 0.05) is 21.8 Å². The van der Waals surface area contributed by atoms with E-state index < -0.39 is 5.41 Å². The number of aromatic nitrogens is 1. The SMILES string of the molecule is O=c1oc2ccc(-c3ccc4c(c3)c3ccccc3n4-c3ccccc3)cc2c2ccc(-c3ccc4c(c3)C3(c5ccccc5-c5ccccc53)c3ccccc3-4)cc12. The highest BCUT2D eigenvalue weighted by molar-refractivity contribution is 6.11. The summed E-state index contributed by atoms with van der Waals surface area (Å²) in [5, 5.41) is 4.77. The van der Waals surface area contributed by atoms with Crippen LogP contribution in [-0.4, -0.2) is 4.57 Å². The van der Waals surface area contributed by atoms with Crippen molar-refractivity contribution in [2.45, 2.75) is 5.41 Å². The van der Waals surface area contributed by atoms with Crippen molar-refractivity contribution in [1.82, 2.24) is 4.57 Å². The van der Waals surface area contributed by atoms with E-state index in [1.807, 2.05) is 12.1 Å². The first-order valence-electron chi connectivity index (χ1n) is 20.2. The van der Waals surface area contributed by atoms with Gasteiger partial charge in [-0.1, -0.05) is 146 Å². The summed E-state index contributed by atoms with van der Waals surface area (Å²) < 4.78 is 8.38. The molecule has 11 aromatic rings. The predicted molar refractivity (Wildman–Crippen MR) is 241 cm³/mol. The minimum atomic E-state index is -0.433. The molecule has 59 heavy (non-hydrogen) atoms. The third-order valence-corrected chi connectivity index (χ3v) is 13.1. The van der Waals surface area contributed by atoms with Crippen molar-refractivity contribution in [1.29, 1.82) is 0 Å². The summed E-state index contributed by atoms with van der Waals surface area (Å²) in [6.07, 6.45) is 0. The first-order valence-corrected chi connectivity index (χ1v) is 20.2. The Kier molecular flexibility index (Phi) is 6.52. The van der Waals surface area contributed by atoms with E-state index in [0.717, 1.165) is 44.2 Å². The van der Waals surface area contributed by atoms with Crippen molar-refractivity contribution in [3.8, 4) is 50.2 Å². The van der Waals surface area contributed by atoms with E-state index in [0.29, 0.717) is 11.0 Å². The van der Waals surface area contributed by atoms with E-state index in [1.165, 1.54) is 60.8 Å². The predicted octanol–water partition coefficient (Wildman–Crippen LogP) is 13.7. The van der Waals surface area contributed by atoms with E-state index in [9.17, 15) is 4.79 Å². The first kappa shape index (κ1) is 32.3. The molecule has 13 rings (SSSR count). The highest BCUT2D eigenvalue weighted by atomic mass is 16.4. The van der Waals surface area contributed by atoms with E-state index in [4.69, 9.17) is 4.42 Å². The number of nitrogens with zero attached hydrogens (tertiary/aromatic N) is 1. The zero-order valence-corrected chi connectivity index (χ0v) is 31.8. The molecule has 3 nitrogen and oxygen atoms in total. The Hall–Kier alpha value is -7.75. The highest BCUT2D eigenvalue weighted by Gasteiger charge is 2.51. The van der Waals surface area contributed by atoms with Crippen LogP contribution < -0.4 is 5.63 Å². The van der Waals surface area contributed by atoms with Gasteiger partial charge in [-0.15, -0.1) is 0 Å². The fourth-order valence-electron chi connectivity index (χ4n) is 10.6. The molecule has 274 valence electrons. The molecule has 9 aromatic carbocycles. The van der Waals surface area contributed by atoms with Gasteiger partial charge in [0.1, 0.15) is 5.58 Å². The number of hydrogen-bond acceptors (Lipinski definition) is 2. The Labute approximate surface area is 339 Å². The van der Waals surface area contributed by atoms with Crippen LogP contribution >= 0.6 is 0 Å². The molecule has 0 radical (unpaired) electrons. The lowest BCUT2D eigenvalue weighted by molar-refractivity contribution is 0.570. The van der Waals surface area contributed by atoms with Crippen LogP contribution in [0.2, 0.25) is 0 Å². The molecule has 0 saturated heterocycles. The molecule has 0 saturated carbocycles. The third kappa shape index (κ3) is 4.34. The molecule has 0 fully saturated rings. The molecule has 0 atom stereocenters. The van der Waals surface area contributed by atoms with Crippen molar-refractivity contribution in [3.63, 3.8) is 0 Å². The lowest BCUT2D eigenvalue weighted by Gasteiger charge is -2.30. The van der Waals surface area contributed by atoms with E-state index >= 15 is 0 Å². The minimum Gasteiger partial charge on any atom is -0.422 e. The normalized spacial score (nSPS) is 13.3. The molecule has 2 aliphatic carbocycles. The fraction of sp³-hybridized carbons (Fsp3) is 0.0179. The number of fused-ring (bicyclic) bond motifs is 16. The Morgan fingerprint density at radius 2 is 0.864 bits per heavy atom. The zero-order chi connectivity index (χ0) is 38.8. The summed E-state index contributed by atoms with van der Waals surface area (Å²) in [7, 11) is 0. The smallest absolute Gasteiger partial charge is 0.344 e. The molecule has 2 heterocycles. The van der Waals surface area contributed by atoms with Crippen molar-refractivity contribution in [2.75, 3.05) is 0 Å². The highest BCUT2D eigenvalue weighted by Crippen LogP contribution is 2.63. The van der Waals surface area contributed by atoms with Crippen LogP contribution in [0.1, 0.15) is 22.3 Å². The number of benzene rings is 9. The number of hydrogen-bond donors (Lipinski definition) is 0. The molecule has 2 aromatic heterocycles. The van der Waals surface area contributed by atoms with Crippen molar-refractivity contribution >= 4 is 43.5 Å². The Bertz CT molecular complexity index is 3580. The maximum absolute atomic E-state index is 13.8. The molecule has 0 unspecified atom stereocenters. The van der Waals surface area contributed by atoms with Gasteiger partial charge in [0.2, 0.25) is 0 Å². The Morgan fingerprint density at radius 3 is 1.58 bits per heavy atom. The van der Waals surface area contributed by atoms with Crippen LogP contribution in [0.15, 0.2) is 209 Å². The van der Waals surface area contributed by atoms with Gasteiger partial charge in [0.05, 0.1) is 21.8 Å². The second-order valence-corrected chi connectivity index (χ2v) is 15.9. The number of para-hydroxylation sites is 2. The summed E-state index contributed by atoms with van der Waals surface area (Å²) >= 11 is 0. The maximum atomic E-state index is 13.8. The maximum Gasteiger partial charge on any atom is 0.344 e. The third-order valence-electron chi connectivity index (χ3n) is 13.1. The second kappa shape index (κ2) is 11.9. The van der Waals surface area contributed by atoms with Crippen LogP contribution in [0.3, 0.4) is 0 Å². The number of rotatable bonds is 3. The second-order valence-electron chi connectivity index (χ2n) is 15.9. The van der Waals surface area contributed by atoms with Gasteiger partial charge in [-0.05, 0) is 127 Å². The zero-order valence-electron chi connectivity index (χ0n) is 31.8. The standard InChI is InChI=1S/C56H33NO2/c58-55-47-32-34(37-23-27-43-42-16-6-10-20-50(42)56(51(43)33-37)48-18-8-4-14-40(48)41-15-5-9-19-49(41)56)22-26-39(47)46-31-36(25-29-54(46)59-55)35-24-28-53-45(30-35)44-17-7-11-21-52(44)57(53)38-12-2-1-3-13-38/h1-33H. The van der Waals surface area contributed by atoms with Crippen LogP contribution in [0, 0.1) is 0 Å². The van der Waals surface area contributed by atoms with Crippen molar-refractivity contribution in [3.05, 3.63) is 233 Å². The quantitative estimate of drug-likeness (QED) is 0.133. The van der Waals surface area contributed by atoms with E-state index in [1.54, 1.807) is 0 Å². The largest absolute Gasteiger partial charge is 0.422 e. The van der Waals surface area contributed by atoms with Crippen LogP contribution in [0.5, 0.6) is 0 Å². The molecule has 2 aliphatic rings. The molecule has 3 heteroatoms. The molecule has 0 bridgehead atoms. The molecular weight excluding hydrogens is 719 g/mol.